The van der Waals surface area contributed by atoms with Crippen molar-refractivity contribution in [1.29, 1.82) is 0 Å². The highest BCUT2D eigenvalue weighted by molar-refractivity contribution is 6.10. The number of hydrogen-bond donors (Lipinski definition) is 2. The van der Waals surface area contributed by atoms with Gasteiger partial charge in [-0.2, -0.15) is 0 Å². The maximum Gasteiger partial charge on any atom is 0.171 e. The second-order valence-corrected chi connectivity index (χ2v) is 6.47. The largest absolute Gasteiger partial charge is 0.484 e. The Morgan fingerprint density at radius 1 is 1.39 bits per heavy atom. The Bertz CT molecular complexity index is 859. The number of likely N-dealkylation sites (tertiary alicyclic amines) is 1. The summed E-state index contributed by atoms with van der Waals surface area (Å²) in [5.41, 5.74) is 7.88. The fourth-order valence-electron chi connectivity index (χ4n) is 3.32. The van der Waals surface area contributed by atoms with E-state index in [4.69, 9.17) is 10.5 Å². The number of ether oxygens (including phenoxy) is 1. The predicted octanol–water partition coefficient (Wildman–Crippen LogP) is 2.41. The average molecular weight is 311 g/mol. The van der Waals surface area contributed by atoms with E-state index in [2.05, 4.69) is 33.8 Å². The first-order chi connectivity index (χ1) is 11.1. The summed E-state index contributed by atoms with van der Waals surface area (Å²) in [4.78, 5) is 14.2. The van der Waals surface area contributed by atoms with E-state index in [1.165, 1.54) is 0 Å². The minimum absolute atomic E-state index is 0.116. The molecule has 23 heavy (non-hydrogen) atoms. The van der Waals surface area contributed by atoms with Gasteiger partial charge in [-0.05, 0) is 38.1 Å². The zero-order valence-electron chi connectivity index (χ0n) is 13.4. The Morgan fingerprint density at radius 2 is 2.26 bits per heavy atom. The van der Waals surface area contributed by atoms with Crippen molar-refractivity contribution < 1.29 is 4.74 Å². The van der Waals surface area contributed by atoms with Gasteiger partial charge in [0, 0.05) is 18.1 Å². The number of aromatic nitrogens is 3. The summed E-state index contributed by atoms with van der Waals surface area (Å²) in [5.74, 6) is 1.60. The number of hydrogen-bond acceptors (Lipinski definition) is 5. The third-order valence-corrected chi connectivity index (χ3v) is 4.75. The molecule has 3 aromatic rings. The molecular weight excluding hydrogens is 290 g/mol. The van der Waals surface area contributed by atoms with Crippen LogP contribution in [0.5, 0.6) is 5.75 Å². The van der Waals surface area contributed by atoms with E-state index in [0.717, 1.165) is 41.4 Å². The molecule has 0 saturated carbocycles. The lowest BCUT2D eigenvalue weighted by Crippen LogP contribution is -2.44. The van der Waals surface area contributed by atoms with Gasteiger partial charge < -0.3 is 20.4 Å². The molecule has 6 nitrogen and oxygen atoms in total. The molecule has 120 valence electrons. The molecule has 0 bridgehead atoms. The van der Waals surface area contributed by atoms with E-state index in [1.807, 2.05) is 12.1 Å². The Hall–Kier alpha value is -2.34. The van der Waals surface area contributed by atoms with Crippen LogP contribution < -0.4 is 10.5 Å². The fraction of sp³-hybridized carbons (Fsp3) is 0.412. The van der Waals surface area contributed by atoms with Crippen molar-refractivity contribution in [3.8, 4) is 5.75 Å². The van der Waals surface area contributed by atoms with Crippen molar-refractivity contribution in [2.45, 2.75) is 19.4 Å². The highest BCUT2D eigenvalue weighted by Gasteiger charge is 2.28. The number of fused-ring (bicyclic) bond motifs is 3. The number of aromatic amines is 1. The van der Waals surface area contributed by atoms with Crippen molar-refractivity contribution in [1.82, 2.24) is 19.9 Å². The zero-order chi connectivity index (χ0) is 16.0. The summed E-state index contributed by atoms with van der Waals surface area (Å²) in [6, 6.07) is 3.96. The molecular formula is C17H21N5O. The summed E-state index contributed by atoms with van der Waals surface area (Å²) in [6.45, 7) is 4.24. The molecule has 4 rings (SSSR count). The molecule has 0 aromatic carbocycles. The van der Waals surface area contributed by atoms with Gasteiger partial charge in [-0.25, -0.2) is 9.97 Å². The zero-order valence-corrected chi connectivity index (χ0v) is 13.4. The van der Waals surface area contributed by atoms with Crippen LogP contribution in [0.3, 0.4) is 0 Å². The quantitative estimate of drug-likeness (QED) is 0.759. The van der Waals surface area contributed by atoms with E-state index < -0.39 is 0 Å². The molecule has 1 aliphatic heterocycles. The van der Waals surface area contributed by atoms with Gasteiger partial charge in [-0.3, -0.25) is 0 Å². The SMILES string of the molecule is CC1CCN(C)C[C@H]1Oc1c(N)ncc2[nH]c3ncccc3c12. The van der Waals surface area contributed by atoms with Gasteiger partial charge in [-0.15, -0.1) is 0 Å². The summed E-state index contributed by atoms with van der Waals surface area (Å²) in [7, 11) is 2.13. The van der Waals surface area contributed by atoms with Gasteiger partial charge in [0.05, 0.1) is 17.1 Å². The first-order valence-corrected chi connectivity index (χ1v) is 7.99. The number of nitrogen functional groups attached to an aromatic ring is 1. The van der Waals surface area contributed by atoms with Crippen LogP contribution in [0.1, 0.15) is 13.3 Å². The van der Waals surface area contributed by atoms with Gasteiger partial charge in [-0.1, -0.05) is 6.92 Å². The number of nitrogens with zero attached hydrogens (tertiary/aromatic N) is 3. The second-order valence-electron chi connectivity index (χ2n) is 6.47. The van der Waals surface area contributed by atoms with Crippen molar-refractivity contribution in [3.05, 3.63) is 24.5 Å². The third kappa shape index (κ3) is 2.39. The lowest BCUT2D eigenvalue weighted by atomic mass is 9.96. The van der Waals surface area contributed by atoms with Crippen LogP contribution in [0.15, 0.2) is 24.5 Å². The van der Waals surface area contributed by atoms with Crippen LogP contribution in [0.25, 0.3) is 21.9 Å². The predicted molar refractivity (Wildman–Crippen MR) is 91.5 cm³/mol. The molecule has 0 amide bonds. The molecule has 6 heteroatoms. The second kappa shape index (κ2) is 5.38. The number of nitrogens with one attached hydrogen (secondary N) is 1. The van der Waals surface area contributed by atoms with Gasteiger partial charge in [0.1, 0.15) is 11.8 Å². The summed E-state index contributed by atoms with van der Waals surface area (Å²) in [5, 5.41) is 1.99. The summed E-state index contributed by atoms with van der Waals surface area (Å²) >= 11 is 0. The number of likely N-dealkylation sites (N-methyl/N-ethyl adjacent to an activating group) is 1. The topological polar surface area (TPSA) is 80.1 Å². The molecule has 2 atom stereocenters. The normalized spacial score (nSPS) is 22.7. The highest BCUT2D eigenvalue weighted by Crippen LogP contribution is 2.37. The van der Waals surface area contributed by atoms with Crippen LogP contribution in [0.2, 0.25) is 0 Å². The fourth-order valence-corrected chi connectivity index (χ4v) is 3.32. The number of H-pyrrole nitrogens is 1. The van der Waals surface area contributed by atoms with Gasteiger partial charge in [0.15, 0.2) is 11.6 Å². The Morgan fingerprint density at radius 3 is 3.13 bits per heavy atom. The van der Waals surface area contributed by atoms with E-state index in [9.17, 15) is 0 Å². The molecule has 1 fully saturated rings. The van der Waals surface area contributed by atoms with Crippen LogP contribution in [-0.2, 0) is 0 Å². The molecule has 4 heterocycles. The first-order valence-electron chi connectivity index (χ1n) is 7.99. The lowest BCUT2D eigenvalue weighted by molar-refractivity contribution is 0.0609. The van der Waals surface area contributed by atoms with Crippen molar-refractivity contribution >= 4 is 27.8 Å². The van der Waals surface area contributed by atoms with E-state index in [-0.39, 0.29) is 6.10 Å². The van der Waals surface area contributed by atoms with Gasteiger partial charge in [0.25, 0.3) is 0 Å². The van der Waals surface area contributed by atoms with Gasteiger partial charge >= 0.3 is 0 Å². The molecule has 1 saturated heterocycles. The smallest absolute Gasteiger partial charge is 0.171 e. The Kier molecular flexibility index (Phi) is 3.34. The molecule has 3 N–H and O–H groups in total. The number of nitrogens with two attached hydrogens (primary N) is 1. The highest BCUT2D eigenvalue weighted by atomic mass is 16.5. The monoisotopic (exact) mass is 311 g/mol. The lowest BCUT2D eigenvalue weighted by Gasteiger charge is -2.35. The number of anilines is 1. The van der Waals surface area contributed by atoms with Crippen molar-refractivity contribution in [3.63, 3.8) is 0 Å². The van der Waals surface area contributed by atoms with E-state index >= 15 is 0 Å². The molecule has 1 unspecified atom stereocenters. The summed E-state index contributed by atoms with van der Waals surface area (Å²) < 4.78 is 6.37. The Balaban J connectivity index is 1.83. The van der Waals surface area contributed by atoms with Crippen LogP contribution in [-0.4, -0.2) is 46.1 Å². The maximum atomic E-state index is 6.37. The van der Waals surface area contributed by atoms with E-state index in [1.54, 1.807) is 12.4 Å². The summed E-state index contributed by atoms with van der Waals surface area (Å²) in [6.07, 6.45) is 4.76. The number of piperidine rings is 1. The van der Waals surface area contributed by atoms with Gasteiger partial charge in [0.2, 0.25) is 0 Å². The first kappa shape index (κ1) is 14.3. The average Bonchev–Trinajstić information content (AvgIpc) is 2.92. The molecule has 0 radical (unpaired) electrons. The van der Waals surface area contributed by atoms with E-state index in [0.29, 0.717) is 17.5 Å². The van der Waals surface area contributed by atoms with Crippen LogP contribution in [0.4, 0.5) is 5.82 Å². The molecule has 1 aliphatic rings. The molecule has 3 aromatic heterocycles. The number of rotatable bonds is 2. The maximum absolute atomic E-state index is 6.37. The number of pyridine rings is 2. The minimum atomic E-state index is 0.116. The standard InChI is InChI=1S/C17H21N5O/c1-10-5-7-22(2)9-13(10)23-15-14-11-4-3-6-19-17(11)21-12(14)8-20-16(15)18/h3-4,6,8,10,13H,5,7,9H2,1-2H3,(H2,18,20)(H,19,21)/t10?,13-/m1/s1. The Labute approximate surface area is 134 Å². The van der Waals surface area contributed by atoms with Crippen LogP contribution >= 0.6 is 0 Å². The van der Waals surface area contributed by atoms with Crippen molar-refractivity contribution in [2.24, 2.45) is 5.92 Å². The molecule has 0 spiro atoms. The van der Waals surface area contributed by atoms with Crippen LogP contribution in [0, 0.1) is 5.92 Å². The molecule has 0 aliphatic carbocycles. The minimum Gasteiger partial charge on any atom is -0.484 e. The van der Waals surface area contributed by atoms with Crippen molar-refractivity contribution in [2.75, 3.05) is 25.9 Å². The third-order valence-electron chi connectivity index (χ3n) is 4.75.